The van der Waals surface area contributed by atoms with E-state index < -0.39 is 0 Å². The van der Waals surface area contributed by atoms with Crippen molar-refractivity contribution in [2.24, 2.45) is 0 Å². The SMILES string of the molecule is COc1ccc(-c2sc3cc(OC)ccc3c2C(=O)c2ccc(OCC[N+]3([O-])CCCCC3)cc2)cc1. The van der Waals surface area contributed by atoms with Crippen molar-refractivity contribution in [1.82, 2.24) is 0 Å². The third-order valence-corrected chi connectivity index (χ3v) is 8.19. The summed E-state index contributed by atoms with van der Waals surface area (Å²) in [7, 11) is 3.27. The lowest BCUT2D eigenvalue weighted by molar-refractivity contribution is -0.885. The summed E-state index contributed by atoms with van der Waals surface area (Å²) in [4.78, 5) is 14.7. The highest BCUT2D eigenvalue weighted by molar-refractivity contribution is 7.22. The molecule has 0 N–H and O–H groups in total. The Morgan fingerprint density at radius 2 is 1.51 bits per heavy atom. The first-order valence-electron chi connectivity index (χ1n) is 12.6. The maximum atomic E-state index is 13.8. The number of hydroxylamine groups is 3. The molecule has 0 radical (unpaired) electrons. The number of ketones is 1. The number of quaternary nitrogens is 1. The van der Waals surface area contributed by atoms with Gasteiger partial charge in [0, 0.05) is 26.1 Å². The highest BCUT2D eigenvalue weighted by Gasteiger charge is 2.23. The van der Waals surface area contributed by atoms with E-state index in [2.05, 4.69) is 0 Å². The molecule has 192 valence electrons. The smallest absolute Gasteiger partial charge is 0.195 e. The molecular formula is C30H31NO5S. The number of ether oxygens (including phenoxy) is 3. The summed E-state index contributed by atoms with van der Waals surface area (Å²) in [6.45, 7) is 2.17. The zero-order valence-electron chi connectivity index (χ0n) is 21.2. The summed E-state index contributed by atoms with van der Waals surface area (Å²) in [6.07, 6.45) is 3.12. The number of rotatable bonds is 9. The van der Waals surface area contributed by atoms with Crippen LogP contribution in [-0.2, 0) is 0 Å². The number of methoxy groups -OCH3 is 2. The van der Waals surface area contributed by atoms with Gasteiger partial charge in [-0.3, -0.25) is 4.79 Å². The van der Waals surface area contributed by atoms with Crippen molar-refractivity contribution in [2.45, 2.75) is 19.3 Å². The summed E-state index contributed by atoms with van der Waals surface area (Å²) in [5, 5.41) is 13.6. The van der Waals surface area contributed by atoms with Crippen molar-refractivity contribution in [3.8, 4) is 27.7 Å². The van der Waals surface area contributed by atoms with Gasteiger partial charge < -0.3 is 24.1 Å². The maximum Gasteiger partial charge on any atom is 0.195 e. The van der Waals surface area contributed by atoms with Gasteiger partial charge in [0.25, 0.3) is 0 Å². The van der Waals surface area contributed by atoms with Crippen molar-refractivity contribution in [3.05, 3.63) is 83.1 Å². The van der Waals surface area contributed by atoms with Gasteiger partial charge in [-0.25, -0.2) is 0 Å². The summed E-state index contributed by atoms with van der Waals surface area (Å²) in [6, 6.07) is 20.8. The molecule has 1 aromatic heterocycles. The van der Waals surface area contributed by atoms with Crippen LogP contribution in [0.3, 0.4) is 0 Å². The molecule has 0 amide bonds. The molecule has 0 saturated carbocycles. The normalized spacial score (nSPS) is 14.9. The number of nitrogens with zero attached hydrogens (tertiary/aromatic N) is 1. The van der Waals surface area contributed by atoms with E-state index in [1.165, 1.54) is 0 Å². The van der Waals surface area contributed by atoms with Crippen LogP contribution < -0.4 is 14.2 Å². The summed E-state index contributed by atoms with van der Waals surface area (Å²) in [5.41, 5.74) is 2.21. The molecule has 0 bridgehead atoms. The van der Waals surface area contributed by atoms with Gasteiger partial charge in [-0.05, 0) is 91.6 Å². The molecule has 7 heteroatoms. The first-order valence-corrected chi connectivity index (χ1v) is 13.4. The number of benzene rings is 3. The van der Waals surface area contributed by atoms with E-state index in [1.807, 2.05) is 54.6 Å². The number of thiophene rings is 1. The second-order valence-corrected chi connectivity index (χ2v) is 10.4. The van der Waals surface area contributed by atoms with Gasteiger partial charge >= 0.3 is 0 Å². The van der Waals surface area contributed by atoms with Crippen LogP contribution >= 0.6 is 11.3 Å². The Bertz CT molecular complexity index is 1370. The Morgan fingerprint density at radius 3 is 2.19 bits per heavy atom. The number of piperidine rings is 1. The van der Waals surface area contributed by atoms with Gasteiger partial charge in [0.2, 0.25) is 0 Å². The molecule has 0 atom stereocenters. The van der Waals surface area contributed by atoms with Gasteiger partial charge in [-0.15, -0.1) is 11.3 Å². The van der Waals surface area contributed by atoms with Gasteiger partial charge in [-0.1, -0.05) is 0 Å². The highest BCUT2D eigenvalue weighted by Crippen LogP contribution is 2.41. The molecule has 5 rings (SSSR count). The van der Waals surface area contributed by atoms with E-state index in [9.17, 15) is 10.0 Å². The Morgan fingerprint density at radius 1 is 0.865 bits per heavy atom. The van der Waals surface area contributed by atoms with E-state index in [4.69, 9.17) is 14.2 Å². The Balaban J connectivity index is 1.40. The van der Waals surface area contributed by atoms with E-state index in [-0.39, 0.29) is 10.4 Å². The minimum Gasteiger partial charge on any atom is -0.633 e. The first-order chi connectivity index (χ1) is 18.0. The highest BCUT2D eigenvalue weighted by atomic mass is 32.1. The lowest BCUT2D eigenvalue weighted by atomic mass is 9.97. The Hall–Kier alpha value is -3.39. The summed E-state index contributed by atoms with van der Waals surface area (Å²) >= 11 is 1.57. The lowest BCUT2D eigenvalue weighted by Gasteiger charge is -2.45. The predicted octanol–water partition coefficient (Wildman–Crippen LogP) is 6.69. The first kappa shape index (κ1) is 25.3. The van der Waals surface area contributed by atoms with Crippen LogP contribution in [0.1, 0.15) is 35.2 Å². The van der Waals surface area contributed by atoms with Crippen molar-refractivity contribution >= 4 is 27.2 Å². The molecule has 6 nitrogen and oxygen atoms in total. The molecule has 0 unspecified atom stereocenters. The van der Waals surface area contributed by atoms with Crippen LogP contribution in [0.5, 0.6) is 17.2 Å². The van der Waals surface area contributed by atoms with Crippen LogP contribution in [0.2, 0.25) is 0 Å². The zero-order chi connectivity index (χ0) is 25.8. The van der Waals surface area contributed by atoms with E-state index in [0.717, 1.165) is 51.3 Å². The van der Waals surface area contributed by atoms with Gasteiger partial charge in [0.15, 0.2) is 5.78 Å². The monoisotopic (exact) mass is 517 g/mol. The number of carbonyl (C=O) groups is 1. The second kappa shape index (κ2) is 10.9. The topological polar surface area (TPSA) is 67.8 Å². The largest absolute Gasteiger partial charge is 0.633 e. The Labute approximate surface area is 221 Å². The van der Waals surface area contributed by atoms with Crippen molar-refractivity contribution in [3.63, 3.8) is 0 Å². The van der Waals surface area contributed by atoms with E-state index >= 15 is 0 Å². The Kier molecular flexibility index (Phi) is 7.46. The molecule has 1 aliphatic heterocycles. The predicted molar refractivity (Wildman–Crippen MR) is 148 cm³/mol. The van der Waals surface area contributed by atoms with Crippen LogP contribution in [0.4, 0.5) is 0 Å². The number of likely N-dealkylation sites (tertiary alicyclic amines) is 1. The molecule has 1 fully saturated rings. The van der Waals surface area contributed by atoms with Gasteiger partial charge in [-0.2, -0.15) is 0 Å². The number of hydrogen-bond acceptors (Lipinski definition) is 6. The molecule has 37 heavy (non-hydrogen) atoms. The lowest BCUT2D eigenvalue weighted by Crippen LogP contribution is -2.48. The van der Waals surface area contributed by atoms with Gasteiger partial charge in [0.05, 0.1) is 27.3 Å². The molecule has 1 aliphatic rings. The van der Waals surface area contributed by atoms with Crippen molar-refractivity contribution in [1.29, 1.82) is 0 Å². The fourth-order valence-corrected chi connectivity index (χ4v) is 6.10. The number of hydrogen-bond donors (Lipinski definition) is 0. The van der Waals surface area contributed by atoms with Crippen molar-refractivity contribution < 1.29 is 23.7 Å². The summed E-state index contributed by atoms with van der Waals surface area (Å²) < 4.78 is 17.4. The summed E-state index contributed by atoms with van der Waals surface area (Å²) in [5.74, 6) is 2.13. The zero-order valence-corrected chi connectivity index (χ0v) is 22.0. The minimum absolute atomic E-state index is 0.0498. The molecule has 0 spiro atoms. The third-order valence-electron chi connectivity index (χ3n) is 6.99. The molecule has 3 aromatic carbocycles. The molecule has 1 saturated heterocycles. The fourth-order valence-electron chi connectivity index (χ4n) is 4.86. The number of carbonyl (C=O) groups excluding carboxylic acids is 1. The van der Waals surface area contributed by atoms with Crippen LogP contribution in [0.15, 0.2) is 66.7 Å². The minimum atomic E-state index is -0.166. The number of fused-ring (bicyclic) bond motifs is 1. The maximum absolute atomic E-state index is 13.8. The average molecular weight is 518 g/mol. The van der Waals surface area contributed by atoms with E-state index in [1.54, 1.807) is 37.7 Å². The molecular weight excluding hydrogens is 486 g/mol. The van der Waals surface area contributed by atoms with Gasteiger partial charge in [0.1, 0.15) is 30.4 Å². The standard InChI is InChI=1S/C30H31NO5S/c1-34-23-10-8-22(9-11-23)30-28(26-15-14-25(35-2)20-27(26)37-30)29(32)21-6-12-24(13-7-21)36-19-18-31(33)16-4-3-5-17-31/h6-15,20H,3-5,16-19H2,1-2H3. The van der Waals surface area contributed by atoms with Crippen LogP contribution in [0, 0.1) is 5.21 Å². The van der Waals surface area contributed by atoms with Crippen molar-refractivity contribution in [2.75, 3.05) is 40.5 Å². The average Bonchev–Trinajstić information content (AvgIpc) is 3.32. The van der Waals surface area contributed by atoms with E-state index in [0.29, 0.717) is 43.1 Å². The molecule has 4 aromatic rings. The molecule has 0 aliphatic carbocycles. The fraction of sp³-hybridized carbons (Fsp3) is 0.300. The quantitative estimate of drug-likeness (QED) is 0.140. The third kappa shape index (κ3) is 5.49. The van der Waals surface area contributed by atoms with Crippen LogP contribution in [0.25, 0.3) is 20.5 Å². The van der Waals surface area contributed by atoms with Crippen LogP contribution in [-0.4, -0.2) is 50.9 Å². The molecule has 2 heterocycles. The second-order valence-electron chi connectivity index (χ2n) is 9.39.